The van der Waals surface area contributed by atoms with Crippen LogP contribution < -0.4 is 0 Å². The molecule has 0 saturated heterocycles. The molecule has 60 valence electrons. The molecule has 1 aliphatic carbocycles. The first kappa shape index (κ1) is 7.26. The van der Waals surface area contributed by atoms with E-state index in [0.29, 0.717) is 5.92 Å². The molecule has 0 heterocycles. The van der Waals surface area contributed by atoms with Crippen LogP contribution in [0, 0.1) is 0 Å². The lowest BCUT2D eigenvalue weighted by molar-refractivity contribution is 0.562. The molecule has 1 aromatic carbocycles. The van der Waals surface area contributed by atoms with Crippen LogP contribution in [0.4, 0.5) is 0 Å². The SMILES string of the molecule is O=C=N[C@H]1C[C@H]1c1ccccc1. The van der Waals surface area contributed by atoms with Crippen molar-refractivity contribution in [3.05, 3.63) is 35.9 Å². The van der Waals surface area contributed by atoms with Gasteiger partial charge in [-0.15, -0.1) is 0 Å². The molecular formula is C10H9NO. The molecule has 0 aromatic heterocycles. The molecule has 0 N–H and O–H groups in total. The summed E-state index contributed by atoms with van der Waals surface area (Å²) in [5.41, 5.74) is 1.28. The number of carbonyl (C=O) groups excluding carboxylic acids is 1. The van der Waals surface area contributed by atoms with Gasteiger partial charge in [0.05, 0.1) is 6.04 Å². The molecule has 1 saturated carbocycles. The van der Waals surface area contributed by atoms with Crippen molar-refractivity contribution in [1.29, 1.82) is 0 Å². The Labute approximate surface area is 70.9 Å². The average molecular weight is 159 g/mol. The van der Waals surface area contributed by atoms with Gasteiger partial charge in [0, 0.05) is 5.92 Å². The summed E-state index contributed by atoms with van der Waals surface area (Å²) in [6.45, 7) is 0. The van der Waals surface area contributed by atoms with Crippen molar-refractivity contribution in [3.8, 4) is 0 Å². The summed E-state index contributed by atoms with van der Waals surface area (Å²) in [7, 11) is 0. The highest BCUT2D eigenvalue weighted by Crippen LogP contribution is 2.42. The van der Waals surface area contributed by atoms with Crippen molar-refractivity contribution in [3.63, 3.8) is 0 Å². The summed E-state index contributed by atoms with van der Waals surface area (Å²) in [6, 6.07) is 10.4. The summed E-state index contributed by atoms with van der Waals surface area (Å²) < 4.78 is 0. The van der Waals surface area contributed by atoms with Crippen molar-refractivity contribution >= 4 is 6.08 Å². The lowest BCUT2D eigenvalue weighted by atomic mass is 10.1. The predicted octanol–water partition coefficient (Wildman–Crippen LogP) is 1.88. The van der Waals surface area contributed by atoms with Crippen LogP contribution in [0.25, 0.3) is 0 Å². The highest BCUT2D eigenvalue weighted by molar-refractivity contribution is 5.37. The average Bonchev–Trinajstić information content (AvgIpc) is 2.87. The van der Waals surface area contributed by atoms with Crippen molar-refractivity contribution in [2.75, 3.05) is 0 Å². The molecule has 0 bridgehead atoms. The first-order valence-electron chi connectivity index (χ1n) is 4.04. The van der Waals surface area contributed by atoms with E-state index >= 15 is 0 Å². The second-order valence-electron chi connectivity index (χ2n) is 3.04. The van der Waals surface area contributed by atoms with E-state index in [4.69, 9.17) is 0 Å². The standard InChI is InChI=1S/C10H9NO/c12-7-11-10-6-9(10)8-4-2-1-3-5-8/h1-5,9-10H,6H2/t9-,10-/m0/s1. The van der Waals surface area contributed by atoms with Gasteiger partial charge in [-0.25, -0.2) is 9.79 Å². The molecule has 1 aromatic rings. The van der Waals surface area contributed by atoms with Gasteiger partial charge in [-0.3, -0.25) is 0 Å². The zero-order chi connectivity index (χ0) is 8.39. The molecule has 12 heavy (non-hydrogen) atoms. The van der Waals surface area contributed by atoms with Crippen LogP contribution in [0.2, 0.25) is 0 Å². The first-order valence-corrected chi connectivity index (χ1v) is 4.04. The molecular weight excluding hydrogens is 150 g/mol. The van der Waals surface area contributed by atoms with E-state index in [2.05, 4.69) is 17.1 Å². The molecule has 2 heteroatoms. The number of hydrogen-bond acceptors (Lipinski definition) is 2. The minimum atomic E-state index is 0.199. The van der Waals surface area contributed by atoms with Crippen molar-refractivity contribution in [2.24, 2.45) is 4.99 Å². The van der Waals surface area contributed by atoms with Gasteiger partial charge < -0.3 is 0 Å². The Morgan fingerprint density at radius 3 is 2.75 bits per heavy atom. The van der Waals surface area contributed by atoms with Crippen molar-refractivity contribution in [2.45, 2.75) is 18.4 Å². The maximum atomic E-state index is 9.94. The fourth-order valence-electron chi connectivity index (χ4n) is 1.45. The van der Waals surface area contributed by atoms with Gasteiger partial charge in [-0.1, -0.05) is 30.3 Å². The van der Waals surface area contributed by atoms with Gasteiger partial charge in [0.15, 0.2) is 0 Å². The van der Waals surface area contributed by atoms with Crippen LogP contribution in [-0.4, -0.2) is 12.1 Å². The molecule has 1 aliphatic rings. The topological polar surface area (TPSA) is 29.4 Å². The molecule has 2 rings (SSSR count). The zero-order valence-corrected chi connectivity index (χ0v) is 6.60. The van der Waals surface area contributed by atoms with Gasteiger partial charge in [0.25, 0.3) is 0 Å². The number of nitrogens with zero attached hydrogens (tertiary/aromatic N) is 1. The van der Waals surface area contributed by atoms with E-state index in [9.17, 15) is 4.79 Å². The van der Waals surface area contributed by atoms with Crippen LogP contribution in [0.1, 0.15) is 17.9 Å². The third kappa shape index (κ3) is 1.29. The van der Waals surface area contributed by atoms with Gasteiger partial charge in [-0.2, -0.15) is 0 Å². The second-order valence-corrected chi connectivity index (χ2v) is 3.04. The Morgan fingerprint density at radius 1 is 1.33 bits per heavy atom. The summed E-state index contributed by atoms with van der Waals surface area (Å²) >= 11 is 0. The number of rotatable bonds is 2. The van der Waals surface area contributed by atoms with E-state index in [1.54, 1.807) is 6.08 Å². The zero-order valence-electron chi connectivity index (χ0n) is 6.60. The number of isocyanates is 1. The maximum absolute atomic E-state index is 9.94. The van der Waals surface area contributed by atoms with E-state index in [0.717, 1.165) is 6.42 Å². The smallest absolute Gasteiger partial charge is 0.211 e. The Bertz CT molecular complexity index is 314. The van der Waals surface area contributed by atoms with Crippen LogP contribution in [0.3, 0.4) is 0 Å². The van der Waals surface area contributed by atoms with E-state index < -0.39 is 0 Å². The molecule has 0 radical (unpaired) electrons. The maximum Gasteiger partial charge on any atom is 0.235 e. The molecule has 0 spiro atoms. The van der Waals surface area contributed by atoms with Crippen molar-refractivity contribution < 1.29 is 4.79 Å². The van der Waals surface area contributed by atoms with Crippen LogP contribution in [-0.2, 0) is 4.79 Å². The first-order chi connectivity index (χ1) is 5.92. The lowest BCUT2D eigenvalue weighted by Gasteiger charge is -1.94. The van der Waals surface area contributed by atoms with Gasteiger partial charge in [0.2, 0.25) is 6.08 Å². The van der Waals surface area contributed by atoms with Crippen molar-refractivity contribution in [1.82, 2.24) is 0 Å². The van der Waals surface area contributed by atoms with Crippen LogP contribution >= 0.6 is 0 Å². The third-order valence-corrected chi connectivity index (χ3v) is 2.20. The normalized spacial score (nSPS) is 26.0. The summed E-state index contributed by atoms with van der Waals surface area (Å²) in [4.78, 5) is 13.6. The summed E-state index contributed by atoms with van der Waals surface area (Å²) in [5.74, 6) is 0.465. The fourth-order valence-corrected chi connectivity index (χ4v) is 1.45. The number of benzene rings is 1. The predicted molar refractivity (Wildman–Crippen MR) is 45.7 cm³/mol. The minimum Gasteiger partial charge on any atom is -0.211 e. The number of aliphatic imine (C=N–C) groups is 1. The Kier molecular flexibility index (Phi) is 1.77. The second kappa shape index (κ2) is 2.92. The third-order valence-electron chi connectivity index (χ3n) is 2.20. The monoisotopic (exact) mass is 159 g/mol. The summed E-state index contributed by atoms with van der Waals surface area (Å²) in [6.07, 6.45) is 2.60. The molecule has 0 aliphatic heterocycles. The highest BCUT2D eigenvalue weighted by atomic mass is 16.1. The lowest BCUT2D eigenvalue weighted by Crippen LogP contribution is -1.82. The quantitative estimate of drug-likeness (QED) is 0.478. The Hall–Kier alpha value is -1.40. The van der Waals surface area contributed by atoms with E-state index in [-0.39, 0.29) is 6.04 Å². The summed E-state index contributed by atoms with van der Waals surface area (Å²) in [5, 5.41) is 0. The number of hydrogen-bond donors (Lipinski definition) is 0. The van der Waals surface area contributed by atoms with Crippen LogP contribution in [0.15, 0.2) is 35.3 Å². The highest BCUT2D eigenvalue weighted by Gasteiger charge is 2.38. The van der Waals surface area contributed by atoms with Gasteiger partial charge in [-0.05, 0) is 12.0 Å². The van der Waals surface area contributed by atoms with Crippen LogP contribution in [0.5, 0.6) is 0 Å². The van der Waals surface area contributed by atoms with E-state index in [1.807, 2.05) is 18.2 Å². The molecule has 1 fully saturated rings. The van der Waals surface area contributed by atoms with Gasteiger partial charge in [0.1, 0.15) is 0 Å². The molecule has 2 nitrogen and oxygen atoms in total. The largest absolute Gasteiger partial charge is 0.235 e. The minimum absolute atomic E-state index is 0.199. The van der Waals surface area contributed by atoms with Gasteiger partial charge >= 0.3 is 0 Å². The molecule has 0 amide bonds. The van der Waals surface area contributed by atoms with E-state index in [1.165, 1.54) is 5.56 Å². The molecule has 0 unspecified atom stereocenters. The fraction of sp³-hybridized carbons (Fsp3) is 0.300. The Balaban J connectivity index is 2.11. The Morgan fingerprint density at radius 2 is 2.08 bits per heavy atom. The molecule has 2 atom stereocenters.